The Morgan fingerprint density at radius 1 is 1.17 bits per heavy atom. The summed E-state index contributed by atoms with van der Waals surface area (Å²) in [5, 5.41) is 10.4. The van der Waals surface area contributed by atoms with Gasteiger partial charge in [-0.3, -0.25) is 9.59 Å². The lowest BCUT2D eigenvalue weighted by Gasteiger charge is -2.20. The van der Waals surface area contributed by atoms with Gasteiger partial charge in [-0.15, -0.1) is 5.10 Å². The van der Waals surface area contributed by atoms with E-state index in [0.29, 0.717) is 25.2 Å². The zero-order valence-electron chi connectivity index (χ0n) is 17.1. The van der Waals surface area contributed by atoms with Gasteiger partial charge in [0.05, 0.1) is 17.3 Å². The first-order chi connectivity index (χ1) is 14.6. The number of carbonyl (C=O) groups excluding carboxylic acids is 2. The number of hydrogen-bond acceptors (Lipinski definition) is 3. The summed E-state index contributed by atoms with van der Waals surface area (Å²) in [5.41, 5.74) is 4.19. The molecule has 6 heteroatoms. The highest BCUT2D eigenvalue weighted by Crippen LogP contribution is 2.27. The largest absolute Gasteiger partial charge is 0.355 e. The van der Waals surface area contributed by atoms with Gasteiger partial charge in [-0.1, -0.05) is 49.7 Å². The Kier molecular flexibility index (Phi) is 5.93. The van der Waals surface area contributed by atoms with E-state index in [1.54, 1.807) is 0 Å². The minimum atomic E-state index is -0.235. The molecule has 2 N–H and O–H groups in total. The van der Waals surface area contributed by atoms with Gasteiger partial charge < -0.3 is 10.6 Å². The van der Waals surface area contributed by atoms with Crippen LogP contribution < -0.4 is 10.6 Å². The van der Waals surface area contributed by atoms with Crippen molar-refractivity contribution in [1.29, 1.82) is 0 Å². The van der Waals surface area contributed by atoms with Gasteiger partial charge in [-0.25, -0.2) is 4.68 Å². The maximum atomic E-state index is 12.7. The van der Waals surface area contributed by atoms with Gasteiger partial charge in [-0.05, 0) is 36.6 Å². The third kappa shape index (κ3) is 4.43. The van der Waals surface area contributed by atoms with Crippen molar-refractivity contribution >= 4 is 17.6 Å². The lowest BCUT2D eigenvalue weighted by Crippen LogP contribution is -2.40. The highest BCUT2D eigenvalue weighted by atomic mass is 16.2. The maximum absolute atomic E-state index is 12.7. The second-order valence-corrected chi connectivity index (χ2v) is 7.64. The molecule has 0 saturated carbocycles. The SMILES string of the molecule is CCCc1cccc(-c2cc(NC(=O)[C@H]3CCC(=O)NC3)nn2-c2ccccc2)c1. The molecule has 6 nitrogen and oxygen atoms in total. The van der Waals surface area contributed by atoms with Gasteiger partial charge in [0, 0.05) is 24.6 Å². The van der Waals surface area contributed by atoms with Gasteiger partial charge in [0.1, 0.15) is 0 Å². The highest BCUT2D eigenvalue weighted by molar-refractivity contribution is 5.93. The van der Waals surface area contributed by atoms with E-state index < -0.39 is 0 Å². The molecule has 0 aliphatic carbocycles. The number of carbonyl (C=O) groups is 2. The molecule has 2 amide bonds. The summed E-state index contributed by atoms with van der Waals surface area (Å²) in [6, 6.07) is 20.3. The Hall–Kier alpha value is -3.41. The minimum absolute atomic E-state index is 0.00153. The number of nitrogens with one attached hydrogen (secondary N) is 2. The van der Waals surface area contributed by atoms with E-state index in [1.807, 2.05) is 41.1 Å². The number of amides is 2. The Bertz CT molecular complexity index is 1030. The van der Waals surface area contributed by atoms with E-state index in [9.17, 15) is 9.59 Å². The van der Waals surface area contributed by atoms with Crippen LogP contribution >= 0.6 is 0 Å². The Labute approximate surface area is 176 Å². The molecule has 4 rings (SSSR count). The monoisotopic (exact) mass is 402 g/mol. The van der Waals surface area contributed by atoms with Crippen LogP contribution in [-0.4, -0.2) is 28.1 Å². The fourth-order valence-corrected chi connectivity index (χ4v) is 3.77. The van der Waals surface area contributed by atoms with Crippen LogP contribution in [-0.2, 0) is 16.0 Å². The van der Waals surface area contributed by atoms with Gasteiger partial charge in [-0.2, -0.15) is 0 Å². The van der Waals surface area contributed by atoms with Crippen molar-refractivity contribution < 1.29 is 9.59 Å². The Morgan fingerprint density at radius 2 is 2.00 bits per heavy atom. The molecule has 1 aliphatic heterocycles. The van der Waals surface area contributed by atoms with Crippen LogP contribution in [0.15, 0.2) is 60.7 Å². The van der Waals surface area contributed by atoms with Crippen molar-refractivity contribution in [2.45, 2.75) is 32.6 Å². The number of nitrogens with zero attached hydrogens (tertiary/aromatic N) is 2. The fraction of sp³-hybridized carbons (Fsp3) is 0.292. The van der Waals surface area contributed by atoms with E-state index in [2.05, 4.69) is 46.9 Å². The topological polar surface area (TPSA) is 76.0 Å². The first kappa shape index (κ1) is 19.9. The molecule has 3 aromatic rings. The van der Waals surface area contributed by atoms with Crippen LogP contribution in [0.25, 0.3) is 16.9 Å². The lowest BCUT2D eigenvalue weighted by atomic mass is 9.98. The zero-order valence-corrected chi connectivity index (χ0v) is 17.1. The first-order valence-electron chi connectivity index (χ1n) is 10.5. The van der Waals surface area contributed by atoms with Crippen LogP contribution in [0.1, 0.15) is 31.7 Å². The van der Waals surface area contributed by atoms with Gasteiger partial charge in [0.25, 0.3) is 0 Å². The third-order valence-electron chi connectivity index (χ3n) is 5.36. The third-order valence-corrected chi connectivity index (χ3v) is 5.36. The number of hydrogen-bond donors (Lipinski definition) is 2. The predicted octanol–water partition coefficient (Wildman–Crippen LogP) is 3.96. The van der Waals surface area contributed by atoms with Crippen LogP contribution in [0.3, 0.4) is 0 Å². The van der Waals surface area contributed by atoms with Crippen LogP contribution in [0.5, 0.6) is 0 Å². The minimum Gasteiger partial charge on any atom is -0.355 e. The fourth-order valence-electron chi connectivity index (χ4n) is 3.77. The number of aromatic nitrogens is 2. The summed E-state index contributed by atoms with van der Waals surface area (Å²) in [4.78, 5) is 24.1. The van der Waals surface area contributed by atoms with Crippen LogP contribution in [0.4, 0.5) is 5.82 Å². The number of rotatable bonds is 6. The summed E-state index contributed by atoms with van der Waals surface area (Å²) >= 11 is 0. The van der Waals surface area contributed by atoms with E-state index in [1.165, 1.54) is 5.56 Å². The number of para-hydroxylation sites is 1. The molecule has 2 aromatic carbocycles. The molecular formula is C24H26N4O2. The molecule has 1 fully saturated rings. The Morgan fingerprint density at radius 3 is 2.73 bits per heavy atom. The average Bonchev–Trinajstić information content (AvgIpc) is 3.19. The summed E-state index contributed by atoms with van der Waals surface area (Å²) in [7, 11) is 0. The van der Waals surface area contributed by atoms with Gasteiger partial charge in [0.15, 0.2) is 5.82 Å². The quantitative estimate of drug-likeness (QED) is 0.655. The summed E-state index contributed by atoms with van der Waals surface area (Å²) < 4.78 is 1.86. The number of piperidine rings is 1. The van der Waals surface area contributed by atoms with Crippen molar-refractivity contribution in [2.24, 2.45) is 5.92 Å². The summed E-state index contributed by atoms with van der Waals surface area (Å²) in [6.07, 6.45) is 3.04. The molecule has 1 saturated heterocycles. The summed E-state index contributed by atoms with van der Waals surface area (Å²) in [5.74, 6) is 0.165. The van der Waals surface area contributed by atoms with E-state index in [4.69, 9.17) is 0 Å². The number of anilines is 1. The molecule has 0 bridgehead atoms. The molecule has 1 aromatic heterocycles. The normalized spacial score (nSPS) is 16.2. The van der Waals surface area contributed by atoms with Crippen molar-refractivity contribution in [2.75, 3.05) is 11.9 Å². The van der Waals surface area contributed by atoms with E-state index >= 15 is 0 Å². The Balaban J connectivity index is 1.65. The number of benzene rings is 2. The smallest absolute Gasteiger partial charge is 0.230 e. The molecule has 1 aliphatic rings. The van der Waals surface area contributed by atoms with Crippen LogP contribution in [0, 0.1) is 5.92 Å². The van der Waals surface area contributed by atoms with Crippen LogP contribution in [0.2, 0.25) is 0 Å². The second kappa shape index (κ2) is 8.95. The second-order valence-electron chi connectivity index (χ2n) is 7.64. The maximum Gasteiger partial charge on any atom is 0.230 e. The molecule has 30 heavy (non-hydrogen) atoms. The molecule has 1 atom stereocenters. The van der Waals surface area contributed by atoms with E-state index in [-0.39, 0.29) is 17.7 Å². The molecule has 0 spiro atoms. The number of aryl methyl sites for hydroxylation is 1. The summed E-state index contributed by atoms with van der Waals surface area (Å²) in [6.45, 7) is 2.54. The average molecular weight is 402 g/mol. The van der Waals surface area contributed by atoms with Crippen molar-refractivity contribution in [3.05, 3.63) is 66.2 Å². The van der Waals surface area contributed by atoms with Crippen molar-refractivity contribution in [3.8, 4) is 16.9 Å². The van der Waals surface area contributed by atoms with E-state index in [0.717, 1.165) is 29.8 Å². The highest BCUT2D eigenvalue weighted by Gasteiger charge is 2.25. The standard InChI is InChI=1S/C24H26N4O2/c1-2-7-17-8-6-9-18(14-17)21-15-22(27-28(21)20-10-4-3-5-11-20)26-24(30)19-12-13-23(29)25-16-19/h3-6,8-11,14-15,19H,2,7,12-13,16H2,1H3,(H,25,29)(H,26,27,30)/t19-/m0/s1. The lowest BCUT2D eigenvalue weighted by molar-refractivity contribution is -0.126. The van der Waals surface area contributed by atoms with Crippen molar-refractivity contribution in [1.82, 2.24) is 15.1 Å². The molecule has 154 valence electrons. The molecule has 2 heterocycles. The van der Waals surface area contributed by atoms with Gasteiger partial charge in [0.2, 0.25) is 11.8 Å². The molecule has 0 unspecified atom stereocenters. The zero-order chi connectivity index (χ0) is 20.9. The molecular weight excluding hydrogens is 376 g/mol. The predicted molar refractivity (Wildman–Crippen MR) is 117 cm³/mol. The van der Waals surface area contributed by atoms with Crippen molar-refractivity contribution in [3.63, 3.8) is 0 Å². The molecule has 0 radical (unpaired) electrons. The van der Waals surface area contributed by atoms with Gasteiger partial charge >= 0.3 is 0 Å². The first-order valence-corrected chi connectivity index (χ1v) is 10.5.